The number of fused-ring (bicyclic) bond motifs is 2. The number of hydrogen-bond donors (Lipinski definition) is 1. The van der Waals surface area contributed by atoms with Gasteiger partial charge in [0.2, 0.25) is 5.91 Å². The molecule has 3 rings (SSSR count). The highest BCUT2D eigenvalue weighted by Gasteiger charge is 2.44. The van der Waals surface area contributed by atoms with Gasteiger partial charge in [0.25, 0.3) is 0 Å². The van der Waals surface area contributed by atoms with Crippen molar-refractivity contribution in [3.8, 4) is 0 Å². The van der Waals surface area contributed by atoms with Crippen molar-refractivity contribution in [2.45, 2.75) is 70.9 Å². The molecular weight excluding hydrogens is 292 g/mol. The Morgan fingerprint density at radius 3 is 2.52 bits per heavy atom. The van der Waals surface area contributed by atoms with Gasteiger partial charge >= 0.3 is 6.09 Å². The molecule has 23 heavy (non-hydrogen) atoms. The van der Waals surface area contributed by atoms with Crippen LogP contribution in [0.4, 0.5) is 4.79 Å². The average molecular weight is 322 g/mol. The van der Waals surface area contributed by atoms with Crippen LogP contribution in [0.15, 0.2) is 0 Å². The van der Waals surface area contributed by atoms with E-state index in [1.165, 1.54) is 19.3 Å². The lowest BCUT2D eigenvalue weighted by Crippen LogP contribution is -2.52. The number of nitrogens with one attached hydrogen (secondary N) is 1. The summed E-state index contributed by atoms with van der Waals surface area (Å²) in [4.78, 5) is 26.7. The van der Waals surface area contributed by atoms with E-state index in [0.29, 0.717) is 18.4 Å². The SMILES string of the molecule is CC(C)(C)OC(=O)N[C@@H]1CCCN(C(=O)[C@H]2C[C@H]3CC[C@H]2C3)C1. The summed E-state index contributed by atoms with van der Waals surface area (Å²) in [5, 5.41) is 2.93. The molecule has 1 heterocycles. The standard InChI is InChI=1S/C18H30N2O3/c1-18(2,3)23-17(22)19-14-5-4-8-20(11-14)16(21)15-10-12-6-7-13(15)9-12/h12-15H,4-11H2,1-3H3,(H,19,22)/t12-,13-,14+,15-/m0/s1. The van der Waals surface area contributed by atoms with Crippen LogP contribution in [0.5, 0.6) is 0 Å². The molecule has 2 bridgehead atoms. The topological polar surface area (TPSA) is 58.6 Å². The van der Waals surface area contributed by atoms with Crippen LogP contribution in [0.1, 0.15) is 59.3 Å². The van der Waals surface area contributed by atoms with E-state index >= 15 is 0 Å². The van der Waals surface area contributed by atoms with Crippen LogP contribution >= 0.6 is 0 Å². The zero-order chi connectivity index (χ0) is 16.6. The van der Waals surface area contributed by atoms with E-state index in [4.69, 9.17) is 4.74 Å². The van der Waals surface area contributed by atoms with E-state index in [-0.39, 0.29) is 18.1 Å². The summed E-state index contributed by atoms with van der Waals surface area (Å²) in [7, 11) is 0. The summed E-state index contributed by atoms with van der Waals surface area (Å²) in [6.07, 6.45) is 6.38. The number of amides is 2. The maximum Gasteiger partial charge on any atom is 0.407 e. The van der Waals surface area contributed by atoms with Crippen LogP contribution in [-0.2, 0) is 9.53 Å². The number of carbonyl (C=O) groups excluding carboxylic acids is 2. The van der Waals surface area contributed by atoms with Gasteiger partial charge in [-0.3, -0.25) is 4.79 Å². The third kappa shape index (κ3) is 3.99. The van der Waals surface area contributed by atoms with E-state index in [1.807, 2.05) is 25.7 Å². The van der Waals surface area contributed by atoms with Crippen molar-refractivity contribution in [1.29, 1.82) is 0 Å². The van der Waals surface area contributed by atoms with Gasteiger partial charge in [-0.05, 0) is 64.7 Å². The van der Waals surface area contributed by atoms with E-state index < -0.39 is 5.60 Å². The predicted molar refractivity (Wildman–Crippen MR) is 87.9 cm³/mol. The fraction of sp³-hybridized carbons (Fsp3) is 0.889. The van der Waals surface area contributed by atoms with Crippen molar-refractivity contribution < 1.29 is 14.3 Å². The van der Waals surface area contributed by atoms with Gasteiger partial charge in [0.05, 0.1) is 0 Å². The van der Waals surface area contributed by atoms with Gasteiger partial charge in [-0.15, -0.1) is 0 Å². The van der Waals surface area contributed by atoms with Crippen LogP contribution in [0, 0.1) is 17.8 Å². The van der Waals surface area contributed by atoms with Crippen LogP contribution in [0.25, 0.3) is 0 Å². The van der Waals surface area contributed by atoms with Gasteiger partial charge in [-0.2, -0.15) is 0 Å². The third-order valence-electron chi connectivity index (χ3n) is 5.51. The van der Waals surface area contributed by atoms with Crippen molar-refractivity contribution in [1.82, 2.24) is 10.2 Å². The summed E-state index contributed by atoms with van der Waals surface area (Å²) >= 11 is 0. The molecule has 0 unspecified atom stereocenters. The molecule has 1 aliphatic heterocycles. The predicted octanol–water partition coefficient (Wildman–Crippen LogP) is 2.94. The molecule has 3 fully saturated rings. The summed E-state index contributed by atoms with van der Waals surface area (Å²) in [5.74, 6) is 1.98. The molecule has 2 aliphatic carbocycles. The Morgan fingerprint density at radius 1 is 1.13 bits per heavy atom. The number of rotatable bonds is 2. The molecule has 130 valence electrons. The lowest BCUT2D eigenvalue weighted by Gasteiger charge is -2.36. The summed E-state index contributed by atoms with van der Waals surface area (Å²) in [6, 6.07) is 0.0149. The minimum Gasteiger partial charge on any atom is -0.444 e. The largest absolute Gasteiger partial charge is 0.444 e. The highest BCUT2D eigenvalue weighted by molar-refractivity contribution is 5.80. The molecule has 4 atom stereocenters. The molecule has 2 amide bonds. The van der Waals surface area contributed by atoms with Crippen molar-refractivity contribution in [2.75, 3.05) is 13.1 Å². The molecule has 0 radical (unpaired) electrons. The Hall–Kier alpha value is -1.26. The second kappa shape index (κ2) is 6.33. The normalized spacial score (nSPS) is 33.6. The van der Waals surface area contributed by atoms with E-state index in [9.17, 15) is 9.59 Å². The highest BCUT2D eigenvalue weighted by atomic mass is 16.6. The zero-order valence-corrected chi connectivity index (χ0v) is 14.6. The second-order valence-corrected chi connectivity index (χ2v) is 8.55. The fourth-order valence-electron chi connectivity index (χ4n) is 4.55. The number of hydrogen-bond acceptors (Lipinski definition) is 3. The number of likely N-dealkylation sites (tertiary alicyclic amines) is 1. The Labute approximate surface area is 139 Å². The summed E-state index contributed by atoms with van der Waals surface area (Å²) < 4.78 is 5.32. The first kappa shape index (κ1) is 16.6. The minimum atomic E-state index is -0.489. The maximum atomic E-state index is 12.8. The van der Waals surface area contributed by atoms with Crippen molar-refractivity contribution in [3.05, 3.63) is 0 Å². The molecule has 1 N–H and O–H groups in total. The molecule has 0 aromatic carbocycles. The fourth-order valence-corrected chi connectivity index (χ4v) is 4.55. The van der Waals surface area contributed by atoms with Gasteiger partial charge in [-0.1, -0.05) is 6.42 Å². The molecule has 0 aromatic heterocycles. The lowest BCUT2D eigenvalue weighted by molar-refractivity contribution is -0.138. The Balaban J connectivity index is 1.52. The van der Waals surface area contributed by atoms with Gasteiger partial charge in [0.1, 0.15) is 5.60 Å². The number of ether oxygens (including phenoxy) is 1. The van der Waals surface area contributed by atoms with Crippen LogP contribution in [-0.4, -0.2) is 41.6 Å². The Bertz CT molecular complexity index is 471. The van der Waals surface area contributed by atoms with Crippen LogP contribution in [0.3, 0.4) is 0 Å². The first-order valence-corrected chi connectivity index (χ1v) is 9.10. The summed E-state index contributed by atoms with van der Waals surface area (Å²) in [5.41, 5.74) is -0.489. The van der Waals surface area contributed by atoms with E-state index in [1.54, 1.807) is 0 Å². The van der Waals surface area contributed by atoms with Crippen molar-refractivity contribution >= 4 is 12.0 Å². The lowest BCUT2D eigenvalue weighted by atomic mass is 9.87. The van der Waals surface area contributed by atoms with Crippen molar-refractivity contribution in [3.63, 3.8) is 0 Å². The third-order valence-corrected chi connectivity index (χ3v) is 5.51. The number of nitrogens with zero attached hydrogens (tertiary/aromatic N) is 1. The number of alkyl carbamates (subject to hydrolysis) is 1. The molecule has 3 aliphatic rings. The molecule has 5 nitrogen and oxygen atoms in total. The molecule has 0 spiro atoms. The monoisotopic (exact) mass is 322 g/mol. The van der Waals surface area contributed by atoms with E-state index in [0.717, 1.165) is 31.7 Å². The maximum absolute atomic E-state index is 12.8. The number of carbonyl (C=O) groups is 2. The first-order valence-electron chi connectivity index (χ1n) is 9.10. The molecule has 1 saturated heterocycles. The smallest absolute Gasteiger partial charge is 0.407 e. The van der Waals surface area contributed by atoms with Crippen molar-refractivity contribution in [2.24, 2.45) is 17.8 Å². The second-order valence-electron chi connectivity index (χ2n) is 8.55. The Morgan fingerprint density at radius 2 is 1.91 bits per heavy atom. The average Bonchev–Trinajstić information content (AvgIpc) is 3.07. The van der Waals surface area contributed by atoms with Gasteiger partial charge in [-0.25, -0.2) is 4.79 Å². The first-order chi connectivity index (χ1) is 10.8. The van der Waals surface area contributed by atoms with Gasteiger partial charge < -0.3 is 15.0 Å². The zero-order valence-electron chi connectivity index (χ0n) is 14.6. The van der Waals surface area contributed by atoms with Gasteiger partial charge in [0, 0.05) is 25.0 Å². The molecule has 2 saturated carbocycles. The quantitative estimate of drug-likeness (QED) is 0.850. The number of piperidine rings is 1. The van der Waals surface area contributed by atoms with Crippen LogP contribution in [0.2, 0.25) is 0 Å². The van der Waals surface area contributed by atoms with Gasteiger partial charge in [0.15, 0.2) is 0 Å². The summed E-state index contributed by atoms with van der Waals surface area (Å²) in [6.45, 7) is 7.04. The minimum absolute atomic E-state index is 0.0149. The molecular formula is C18H30N2O3. The Kier molecular flexibility index (Phi) is 4.56. The van der Waals surface area contributed by atoms with E-state index in [2.05, 4.69) is 5.32 Å². The molecule has 5 heteroatoms. The van der Waals surface area contributed by atoms with Crippen LogP contribution < -0.4 is 5.32 Å². The molecule has 0 aromatic rings. The highest BCUT2D eigenvalue weighted by Crippen LogP contribution is 2.49.